The highest BCUT2D eigenvalue weighted by Gasteiger charge is 2.22. The Hall–Kier alpha value is -1.11. The zero-order valence-electron chi connectivity index (χ0n) is 10.9. The fraction of sp³-hybridized carbons (Fsp3) is 0.500. The summed E-state index contributed by atoms with van der Waals surface area (Å²) < 4.78 is 27.0. The van der Waals surface area contributed by atoms with Crippen LogP contribution in [-0.2, 0) is 10.0 Å². The molecule has 18 heavy (non-hydrogen) atoms. The van der Waals surface area contributed by atoms with Crippen LogP contribution in [0.3, 0.4) is 0 Å². The lowest BCUT2D eigenvalue weighted by molar-refractivity contribution is 0.254. The summed E-state index contributed by atoms with van der Waals surface area (Å²) in [6.07, 6.45) is 0.531. The van der Waals surface area contributed by atoms with Crippen molar-refractivity contribution in [1.29, 1.82) is 0 Å². The maximum absolute atomic E-state index is 12.3. The minimum absolute atomic E-state index is 0.219. The van der Waals surface area contributed by atoms with Crippen LogP contribution in [0.25, 0.3) is 0 Å². The lowest BCUT2D eigenvalue weighted by Crippen LogP contribution is -2.37. The van der Waals surface area contributed by atoms with Crippen molar-refractivity contribution >= 4 is 15.7 Å². The second kappa shape index (κ2) is 5.69. The summed E-state index contributed by atoms with van der Waals surface area (Å²) in [5.41, 5.74) is 7.42. The summed E-state index contributed by atoms with van der Waals surface area (Å²) in [6, 6.07) is 2.79. The van der Waals surface area contributed by atoms with Gasteiger partial charge >= 0.3 is 0 Å². The monoisotopic (exact) mass is 272 g/mol. The summed E-state index contributed by atoms with van der Waals surface area (Å²) in [5.74, 6) is 0. The standard InChI is InChI=1S/C12H20N2O3S/c1-4-11(7-15)14-18(16,17)12-8(2)5-10(13)6-9(12)3/h5-6,11,14-15H,4,7,13H2,1-3H3. The van der Waals surface area contributed by atoms with Gasteiger partial charge in [-0.25, -0.2) is 13.1 Å². The van der Waals surface area contributed by atoms with E-state index >= 15 is 0 Å². The summed E-state index contributed by atoms with van der Waals surface area (Å²) >= 11 is 0. The predicted octanol–water partition coefficient (Wildman–Crippen LogP) is 0.935. The van der Waals surface area contributed by atoms with Gasteiger partial charge in [0.15, 0.2) is 0 Å². The molecule has 4 N–H and O–H groups in total. The molecule has 1 aromatic carbocycles. The normalized spacial score (nSPS) is 13.6. The Morgan fingerprint density at radius 2 is 1.83 bits per heavy atom. The van der Waals surface area contributed by atoms with Crippen LogP contribution in [0.5, 0.6) is 0 Å². The van der Waals surface area contributed by atoms with Crippen LogP contribution in [0.1, 0.15) is 24.5 Å². The fourth-order valence-corrected chi connectivity index (χ4v) is 3.70. The van der Waals surface area contributed by atoms with E-state index in [1.54, 1.807) is 26.0 Å². The number of nitrogen functional groups attached to an aromatic ring is 1. The second-order valence-corrected chi connectivity index (χ2v) is 6.04. The number of anilines is 1. The first-order chi connectivity index (χ1) is 8.31. The van der Waals surface area contributed by atoms with Crippen molar-refractivity contribution in [2.75, 3.05) is 12.3 Å². The topological polar surface area (TPSA) is 92.4 Å². The fourth-order valence-electron chi connectivity index (χ4n) is 1.94. The van der Waals surface area contributed by atoms with Crippen LogP contribution in [0, 0.1) is 13.8 Å². The van der Waals surface area contributed by atoms with E-state index < -0.39 is 16.1 Å². The quantitative estimate of drug-likeness (QED) is 0.695. The molecule has 6 heteroatoms. The average molecular weight is 272 g/mol. The highest BCUT2D eigenvalue weighted by molar-refractivity contribution is 7.89. The predicted molar refractivity (Wildman–Crippen MR) is 71.8 cm³/mol. The Morgan fingerprint density at radius 3 is 2.22 bits per heavy atom. The number of hydrogen-bond donors (Lipinski definition) is 3. The SMILES string of the molecule is CCC(CO)NS(=O)(=O)c1c(C)cc(N)cc1C. The molecule has 0 aliphatic heterocycles. The first-order valence-electron chi connectivity index (χ1n) is 5.81. The number of nitrogens with two attached hydrogens (primary N) is 1. The molecule has 0 saturated heterocycles. The zero-order chi connectivity index (χ0) is 13.9. The van der Waals surface area contributed by atoms with Gasteiger partial charge in [0, 0.05) is 11.7 Å². The lowest BCUT2D eigenvalue weighted by Gasteiger charge is -2.17. The highest BCUT2D eigenvalue weighted by atomic mass is 32.2. The van der Waals surface area contributed by atoms with Crippen LogP contribution < -0.4 is 10.5 Å². The second-order valence-electron chi connectivity index (χ2n) is 4.39. The number of benzene rings is 1. The van der Waals surface area contributed by atoms with Gasteiger partial charge < -0.3 is 10.8 Å². The van der Waals surface area contributed by atoms with Crippen molar-refractivity contribution in [2.24, 2.45) is 0 Å². The molecule has 0 amide bonds. The summed E-state index contributed by atoms with van der Waals surface area (Å²) in [7, 11) is -3.63. The number of nitrogens with one attached hydrogen (secondary N) is 1. The van der Waals surface area contributed by atoms with Gasteiger partial charge in [-0.15, -0.1) is 0 Å². The number of aryl methyl sites for hydroxylation is 2. The molecule has 102 valence electrons. The van der Waals surface area contributed by atoms with Gasteiger partial charge in [0.25, 0.3) is 0 Å². The number of aliphatic hydroxyl groups excluding tert-OH is 1. The van der Waals surface area contributed by atoms with Crippen LogP contribution >= 0.6 is 0 Å². The van der Waals surface area contributed by atoms with Crippen LogP contribution in [0.4, 0.5) is 5.69 Å². The van der Waals surface area contributed by atoms with E-state index in [4.69, 9.17) is 10.8 Å². The Balaban J connectivity index is 3.21. The summed E-state index contributed by atoms with van der Waals surface area (Å²) in [4.78, 5) is 0.239. The molecule has 0 spiro atoms. The van der Waals surface area contributed by atoms with E-state index in [9.17, 15) is 8.42 Å². The molecule has 0 radical (unpaired) electrons. The molecule has 0 fully saturated rings. The molecule has 1 aromatic rings. The van der Waals surface area contributed by atoms with Crippen molar-refractivity contribution in [1.82, 2.24) is 4.72 Å². The number of rotatable bonds is 5. The van der Waals surface area contributed by atoms with Crippen molar-refractivity contribution in [2.45, 2.75) is 38.1 Å². The van der Waals surface area contributed by atoms with E-state index in [-0.39, 0.29) is 11.5 Å². The highest BCUT2D eigenvalue weighted by Crippen LogP contribution is 2.23. The average Bonchev–Trinajstić information content (AvgIpc) is 2.23. The van der Waals surface area contributed by atoms with Gasteiger partial charge in [0.05, 0.1) is 11.5 Å². The Kier molecular flexibility index (Phi) is 4.72. The Labute approximate surface area is 108 Å². The minimum atomic E-state index is -3.63. The minimum Gasteiger partial charge on any atom is -0.399 e. The molecular weight excluding hydrogens is 252 g/mol. The Bertz CT molecular complexity index is 499. The van der Waals surface area contributed by atoms with Gasteiger partial charge in [-0.2, -0.15) is 0 Å². The molecule has 0 aliphatic rings. The number of sulfonamides is 1. The van der Waals surface area contributed by atoms with Crippen LogP contribution in [0.2, 0.25) is 0 Å². The molecule has 0 heterocycles. The van der Waals surface area contributed by atoms with Crippen molar-refractivity contribution in [3.63, 3.8) is 0 Å². The third-order valence-electron chi connectivity index (χ3n) is 2.79. The summed E-state index contributed by atoms with van der Waals surface area (Å²) in [6.45, 7) is 5.00. The molecule has 5 nitrogen and oxygen atoms in total. The molecule has 0 bridgehead atoms. The summed E-state index contributed by atoms with van der Waals surface area (Å²) in [5, 5.41) is 9.07. The van der Waals surface area contributed by atoms with E-state index in [1.165, 1.54) is 0 Å². The third kappa shape index (κ3) is 3.22. The zero-order valence-corrected chi connectivity index (χ0v) is 11.7. The number of aliphatic hydroxyl groups is 1. The van der Waals surface area contributed by atoms with Crippen molar-refractivity contribution in [3.8, 4) is 0 Å². The largest absolute Gasteiger partial charge is 0.399 e. The molecule has 1 atom stereocenters. The molecule has 0 saturated carbocycles. The van der Waals surface area contributed by atoms with Crippen LogP contribution in [-0.4, -0.2) is 26.2 Å². The van der Waals surface area contributed by atoms with Crippen molar-refractivity contribution in [3.05, 3.63) is 23.3 Å². The maximum Gasteiger partial charge on any atom is 0.241 e. The van der Waals surface area contributed by atoms with E-state index in [0.29, 0.717) is 23.2 Å². The van der Waals surface area contributed by atoms with Gasteiger partial charge in [-0.3, -0.25) is 0 Å². The molecule has 0 aromatic heterocycles. The Morgan fingerprint density at radius 1 is 1.33 bits per heavy atom. The third-order valence-corrected chi connectivity index (χ3v) is 4.61. The van der Waals surface area contributed by atoms with Gasteiger partial charge in [0.1, 0.15) is 0 Å². The van der Waals surface area contributed by atoms with Gasteiger partial charge in [-0.05, 0) is 43.5 Å². The van der Waals surface area contributed by atoms with E-state index in [1.807, 2.05) is 6.92 Å². The van der Waals surface area contributed by atoms with E-state index in [0.717, 1.165) is 0 Å². The maximum atomic E-state index is 12.3. The van der Waals surface area contributed by atoms with Gasteiger partial charge in [-0.1, -0.05) is 6.92 Å². The first-order valence-corrected chi connectivity index (χ1v) is 7.30. The molecule has 1 unspecified atom stereocenters. The van der Waals surface area contributed by atoms with E-state index in [2.05, 4.69) is 4.72 Å². The lowest BCUT2D eigenvalue weighted by atomic mass is 10.1. The van der Waals surface area contributed by atoms with Crippen molar-refractivity contribution < 1.29 is 13.5 Å². The van der Waals surface area contributed by atoms with Crippen LogP contribution in [0.15, 0.2) is 17.0 Å². The first kappa shape index (κ1) is 14.9. The molecule has 1 rings (SSSR count). The number of hydrogen-bond acceptors (Lipinski definition) is 4. The smallest absolute Gasteiger partial charge is 0.241 e. The molecular formula is C12H20N2O3S. The van der Waals surface area contributed by atoms with Gasteiger partial charge in [0.2, 0.25) is 10.0 Å². The molecule has 0 aliphatic carbocycles.